The van der Waals surface area contributed by atoms with E-state index in [2.05, 4.69) is 16.5 Å². The van der Waals surface area contributed by atoms with Gasteiger partial charge in [0.05, 0.1) is 31.4 Å². The Morgan fingerprint density at radius 2 is 2.00 bits per heavy atom. The molecule has 21 heavy (non-hydrogen) atoms. The molecule has 1 aliphatic heterocycles. The average Bonchev–Trinajstić information content (AvgIpc) is 2.95. The van der Waals surface area contributed by atoms with E-state index in [1.54, 1.807) is 6.20 Å². The molecule has 3 N–H and O–H groups in total. The van der Waals surface area contributed by atoms with Gasteiger partial charge in [0.25, 0.3) is 0 Å². The van der Waals surface area contributed by atoms with E-state index in [0.29, 0.717) is 6.54 Å². The van der Waals surface area contributed by atoms with Gasteiger partial charge in [-0.2, -0.15) is 0 Å². The average molecular weight is 297 g/mol. The Bertz CT molecular complexity index is 449. The summed E-state index contributed by atoms with van der Waals surface area (Å²) < 4.78 is 2.09. The summed E-state index contributed by atoms with van der Waals surface area (Å²) in [4.78, 5) is 6.38. The van der Waals surface area contributed by atoms with Gasteiger partial charge in [0.15, 0.2) is 0 Å². The lowest BCUT2D eigenvalue weighted by Gasteiger charge is -2.31. The summed E-state index contributed by atoms with van der Waals surface area (Å²) in [5.74, 6) is 1.09. The van der Waals surface area contributed by atoms with Gasteiger partial charge in [-0.1, -0.05) is 20.8 Å². The van der Waals surface area contributed by atoms with Crippen molar-refractivity contribution in [3.8, 4) is 0 Å². The van der Waals surface area contributed by atoms with Gasteiger partial charge in [0.1, 0.15) is 5.82 Å². The lowest BCUT2D eigenvalue weighted by Crippen LogP contribution is -2.43. The first-order valence-electron chi connectivity index (χ1n) is 7.74. The normalized spacial score (nSPS) is 30.4. The molecular weight excluding hydrogens is 270 g/mol. The van der Waals surface area contributed by atoms with Crippen molar-refractivity contribution >= 4 is 0 Å². The van der Waals surface area contributed by atoms with Gasteiger partial charge in [-0.3, -0.25) is 4.90 Å². The van der Waals surface area contributed by atoms with Crippen LogP contribution in [0.15, 0.2) is 12.4 Å². The molecule has 120 valence electrons. The molecule has 0 aliphatic carbocycles. The maximum atomic E-state index is 10.3. The molecule has 2 heterocycles. The van der Waals surface area contributed by atoms with Crippen LogP contribution in [-0.4, -0.2) is 60.7 Å². The summed E-state index contributed by atoms with van der Waals surface area (Å²) >= 11 is 0. The van der Waals surface area contributed by atoms with Crippen molar-refractivity contribution in [1.82, 2.24) is 14.5 Å². The van der Waals surface area contributed by atoms with Crippen molar-refractivity contribution < 1.29 is 15.3 Å². The fourth-order valence-corrected chi connectivity index (χ4v) is 3.36. The molecule has 1 saturated heterocycles. The number of aryl methyl sites for hydroxylation is 1. The van der Waals surface area contributed by atoms with Crippen LogP contribution in [0.25, 0.3) is 0 Å². The van der Waals surface area contributed by atoms with Crippen molar-refractivity contribution in [3.05, 3.63) is 18.2 Å². The Kier molecular flexibility index (Phi) is 5.37. The number of nitrogens with zero attached hydrogens (tertiary/aromatic N) is 3. The van der Waals surface area contributed by atoms with Crippen LogP contribution in [0, 0.1) is 5.92 Å². The Hall–Kier alpha value is -0.950. The lowest BCUT2D eigenvalue weighted by molar-refractivity contribution is 0.0145. The van der Waals surface area contributed by atoms with Crippen molar-refractivity contribution in [2.45, 2.75) is 64.6 Å². The van der Waals surface area contributed by atoms with Gasteiger partial charge < -0.3 is 19.9 Å². The number of aliphatic hydroxyl groups excluding tert-OH is 3. The van der Waals surface area contributed by atoms with E-state index >= 15 is 0 Å². The molecule has 0 unspecified atom stereocenters. The first-order valence-corrected chi connectivity index (χ1v) is 7.74. The standard InChI is InChI=1S/C15H27N3O3/c1-4-6-17-7-5-16-12(17)8-18-11(9-19)14(20)15(21)13(18)10(2)3/h5,7,10-11,13-15,19-21H,4,6,8-9H2,1-3H3/t11-,13+,14-,15+/m1/s1. The van der Waals surface area contributed by atoms with Gasteiger partial charge >= 0.3 is 0 Å². The number of hydrogen-bond donors (Lipinski definition) is 3. The summed E-state index contributed by atoms with van der Waals surface area (Å²) in [5, 5.41) is 30.0. The van der Waals surface area contributed by atoms with Crippen LogP contribution in [0.2, 0.25) is 0 Å². The van der Waals surface area contributed by atoms with Gasteiger partial charge in [0.2, 0.25) is 0 Å². The third-order valence-corrected chi connectivity index (χ3v) is 4.36. The van der Waals surface area contributed by atoms with Gasteiger partial charge in [-0.15, -0.1) is 0 Å². The Balaban J connectivity index is 2.23. The number of likely N-dealkylation sites (tertiary alicyclic amines) is 1. The van der Waals surface area contributed by atoms with Crippen LogP contribution in [-0.2, 0) is 13.1 Å². The minimum atomic E-state index is -0.919. The molecule has 1 aromatic heterocycles. The summed E-state index contributed by atoms with van der Waals surface area (Å²) in [6.07, 6.45) is 2.98. The highest BCUT2D eigenvalue weighted by molar-refractivity contribution is 5.04. The topological polar surface area (TPSA) is 81.8 Å². The van der Waals surface area contributed by atoms with Crippen molar-refractivity contribution in [2.75, 3.05) is 6.61 Å². The zero-order valence-electron chi connectivity index (χ0n) is 13.1. The second-order valence-corrected chi connectivity index (χ2v) is 6.17. The molecule has 0 spiro atoms. The second kappa shape index (κ2) is 6.87. The number of imidazole rings is 1. The van der Waals surface area contributed by atoms with Crippen LogP contribution < -0.4 is 0 Å². The van der Waals surface area contributed by atoms with Crippen molar-refractivity contribution in [3.63, 3.8) is 0 Å². The molecule has 1 aliphatic rings. The molecular formula is C15H27N3O3. The number of aliphatic hydroxyl groups is 3. The largest absolute Gasteiger partial charge is 0.395 e. The van der Waals surface area contributed by atoms with Crippen molar-refractivity contribution in [1.29, 1.82) is 0 Å². The monoisotopic (exact) mass is 297 g/mol. The predicted octanol–water partition coefficient (Wildman–Crippen LogP) is 0.216. The van der Waals surface area contributed by atoms with E-state index in [1.165, 1.54) is 0 Å². The molecule has 0 radical (unpaired) electrons. The van der Waals surface area contributed by atoms with E-state index in [4.69, 9.17) is 0 Å². The molecule has 4 atom stereocenters. The van der Waals surface area contributed by atoms with Crippen LogP contribution in [0.3, 0.4) is 0 Å². The quantitative estimate of drug-likeness (QED) is 0.699. The zero-order valence-corrected chi connectivity index (χ0v) is 13.1. The molecule has 0 saturated carbocycles. The predicted molar refractivity (Wildman–Crippen MR) is 79.6 cm³/mol. The first-order chi connectivity index (χ1) is 10.0. The maximum Gasteiger partial charge on any atom is 0.122 e. The second-order valence-electron chi connectivity index (χ2n) is 6.17. The van der Waals surface area contributed by atoms with E-state index in [-0.39, 0.29) is 18.6 Å². The summed E-state index contributed by atoms with van der Waals surface area (Å²) in [7, 11) is 0. The Labute approximate surface area is 126 Å². The SMILES string of the molecule is CCCn1ccnc1CN1[C@H](CO)[C@@H](O)[C@@H](O)[C@@H]1C(C)C. The maximum absolute atomic E-state index is 10.3. The lowest BCUT2D eigenvalue weighted by atomic mass is 9.98. The minimum Gasteiger partial charge on any atom is -0.395 e. The first kappa shape index (κ1) is 16.4. The Morgan fingerprint density at radius 3 is 2.57 bits per heavy atom. The van der Waals surface area contributed by atoms with E-state index < -0.39 is 18.2 Å². The van der Waals surface area contributed by atoms with Crippen LogP contribution >= 0.6 is 0 Å². The fourth-order valence-electron chi connectivity index (χ4n) is 3.36. The third kappa shape index (κ3) is 3.13. The Morgan fingerprint density at radius 1 is 1.29 bits per heavy atom. The highest BCUT2D eigenvalue weighted by atomic mass is 16.3. The molecule has 6 nitrogen and oxygen atoms in total. The number of hydrogen-bond acceptors (Lipinski definition) is 5. The number of aromatic nitrogens is 2. The zero-order chi connectivity index (χ0) is 15.6. The summed E-state index contributed by atoms with van der Waals surface area (Å²) in [6.45, 7) is 7.40. The highest BCUT2D eigenvalue weighted by Gasteiger charge is 2.48. The molecule has 6 heteroatoms. The molecule has 0 amide bonds. The third-order valence-electron chi connectivity index (χ3n) is 4.36. The van der Waals surface area contributed by atoms with Crippen LogP contribution in [0.4, 0.5) is 0 Å². The van der Waals surface area contributed by atoms with E-state index in [9.17, 15) is 15.3 Å². The van der Waals surface area contributed by atoms with Gasteiger partial charge in [0, 0.05) is 25.0 Å². The smallest absolute Gasteiger partial charge is 0.122 e. The van der Waals surface area contributed by atoms with E-state index in [1.807, 2.05) is 24.9 Å². The fraction of sp³-hybridized carbons (Fsp3) is 0.800. The molecule has 0 aromatic carbocycles. The molecule has 2 rings (SSSR count). The van der Waals surface area contributed by atoms with Gasteiger partial charge in [-0.05, 0) is 12.3 Å². The van der Waals surface area contributed by atoms with Crippen molar-refractivity contribution in [2.24, 2.45) is 5.92 Å². The van der Waals surface area contributed by atoms with Crippen LogP contribution in [0.1, 0.15) is 33.0 Å². The van der Waals surface area contributed by atoms with Crippen LogP contribution in [0.5, 0.6) is 0 Å². The minimum absolute atomic E-state index is 0.171. The molecule has 0 bridgehead atoms. The van der Waals surface area contributed by atoms with E-state index in [0.717, 1.165) is 18.8 Å². The number of rotatable bonds is 6. The molecule has 1 aromatic rings. The summed E-state index contributed by atoms with van der Waals surface area (Å²) in [5.41, 5.74) is 0. The highest BCUT2D eigenvalue weighted by Crippen LogP contribution is 2.31. The summed E-state index contributed by atoms with van der Waals surface area (Å²) in [6, 6.07) is -0.622. The molecule has 1 fully saturated rings. The van der Waals surface area contributed by atoms with Gasteiger partial charge in [-0.25, -0.2) is 4.98 Å².